The van der Waals surface area contributed by atoms with Gasteiger partial charge in [0.2, 0.25) is 11.8 Å². The van der Waals surface area contributed by atoms with Crippen LogP contribution in [0, 0.1) is 17.2 Å². The van der Waals surface area contributed by atoms with Crippen molar-refractivity contribution < 1.29 is 32.0 Å². The molecule has 2 rings (SSSR count). The highest BCUT2D eigenvalue weighted by Gasteiger charge is 2.43. The number of rotatable bonds is 13. The Bertz CT molecular complexity index is 1070. The molecule has 37 heavy (non-hydrogen) atoms. The van der Waals surface area contributed by atoms with E-state index in [4.69, 9.17) is 15.3 Å². The van der Waals surface area contributed by atoms with E-state index < -0.39 is 42.5 Å². The van der Waals surface area contributed by atoms with Gasteiger partial charge in [0, 0.05) is 4.90 Å². The van der Waals surface area contributed by atoms with Crippen molar-refractivity contribution in [1.82, 2.24) is 10.6 Å². The lowest BCUT2D eigenvalue weighted by atomic mass is 9.97. The number of hydrogen-bond acceptors (Lipinski definition) is 7. The van der Waals surface area contributed by atoms with Gasteiger partial charge in [-0.25, -0.2) is 4.89 Å². The quantitative estimate of drug-likeness (QED) is 0.196. The fraction of sp³-hybridized carbons (Fsp3) is 0.400. The average molecular weight is 539 g/mol. The summed E-state index contributed by atoms with van der Waals surface area (Å²) in [6, 6.07) is 10.1. The second-order valence-electron chi connectivity index (χ2n) is 8.65. The summed E-state index contributed by atoms with van der Waals surface area (Å²) < 4.78 is 47.1. The third-order valence-electron chi connectivity index (χ3n) is 5.23. The highest BCUT2D eigenvalue weighted by atomic mass is 32.2. The van der Waals surface area contributed by atoms with E-state index in [9.17, 15) is 22.8 Å². The number of nitriles is 1. The Balaban J connectivity index is 2.26. The SMILES string of the molecule is COOSc1ccc(-c2ccc(C(NC(CC(C)C)C(=O)NC(C#N)CC(N)=O)C(F)(F)F)cc2)cc1. The van der Waals surface area contributed by atoms with E-state index in [0.29, 0.717) is 5.56 Å². The first-order chi connectivity index (χ1) is 17.4. The van der Waals surface area contributed by atoms with E-state index in [-0.39, 0.29) is 17.9 Å². The molecule has 3 unspecified atom stereocenters. The van der Waals surface area contributed by atoms with E-state index in [1.54, 1.807) is 56.3 Å². The molecule has 0 saturated heterocycles. The van der Waals surface area contributed by atoms with Crippen molar-refractivity contribution in [2.75, 3.05) is 7.11 Å². The molecular weight excluding hydrogens is 509 g/mol. The number of amides is 2. The standard InChI is InChI=1S/C25H29F3N4O4S/c1-15(2)12-21(24(34)31-19(14-29)13-22(30)33)32-23(25(26,27)28)18-6-4-16(5-7-18)17-8-10-20(11-9-17)37-36-35-3/h4-11,15,19,21,23,32H,12-13H2,1-3H3,(H2,30,33)(H,31,34). The molecule has 8 nitrogen and oxygen atoms in total. The Morgan fingerprint density at radius 2 is 1.65 bits per heavy atom. The van der Waals surface area contributed by atoms with Crippen LogP contribution in [-0.2, 0) is 18.8 Å². The van der Waals surface area contributed by atoms with Crippen LogP contribution in [0.5, 0.6) is 0 Å². The van der Waals surface area contributed by atoms with E-state index in [1.807, 2.05) is 0 Å². The Hall–Kier alpha value is -3.11. The van der Waals surface area contributed by atoms with E-state index >= 15 is 0 Å². The molecule has 2 aromatic rings. The number of carbonyl (C=O) groups excluding carboxylic acids is 2. The van der Waals surface area contributed by atoms with Gasteiger partial charge in [-0.05, 0) is 41.2 Å². The summed E-state index contributed by atoms with van der Waals surface area (Å²) in [5.74, 6) is -1.76. The highest BCUT2D eigenvalue weighted by Crippen LogP contribution is 2.35. The number of nitrogens with two attached hydrogens (primary N) is 1. The first kappa shape index (κ1) is 30.1. The summed E-state index contributed by atoms with van der Waals surface area (Å²) in [4.78, 5) is 29.2. The predicted molar refractivity (Wildman–Crippen MR) is 132 cm³/mol. The summed E-state index contributed by atoms with van der Waals surface area (Å²) in [7, 11) is 1.39. The number of nitrogens with zero attached hydrogens (tertiary/aromatic N) is 1. The van der Waals surface area contributed by atoms with Crippen LogP contribution >= 0.6 is 12.0 Å². The third kappa shape index (κ3) is 9.70. The first-order valence-corrected chi connectivity index (χ1v) is 12.1. The van der Waals surface area contributed by atoms with Crippen molar-refractivity contribution in [2.24, 2.45) is 11.7 Å². The summed E-state index contributed by atoms with van der Waals surface area (Å²) in [6.45, 7) is 3.52. The zero-order valence-corrected chi connectivity index (χ0v) is 21.4. The number of primary amides is 1. The van der Waals surface area contributed by atoms with Gasteiger partial charge in [0.1, 0.15) is 12.1 Å². The molecule has 0 saturated carbocycles. The van der Waals surface area contributed by atoms with Gasteiger partial charge in [-0.2, -0.15) is 22.8 Å². The van der Waals surface area contributed by atoms with Gasteiger partial charge >= 0.3 is 6.18 Å². The van der Waals surface area contributed by atoms with Crippen LogP contribution in [0.25, 0.3) is 11.1 Å². The predicted octanol–water partition coefficient (Wildman–Crippen LogP) is 4.43. The lowest BCUT2D eigenvalue weighted by Gasteiger charge is -2.29. The fourth-order valence-electron chi connectivity index (χ4n) is 3.55. The molecule has 4 N–H and O–H groups in total. The minimum absolute atomic E-state index is 0.0718. The maximum atomic E-state index is 14.1. The van der Waals surface area contributed by atoms with Gasteiger partial charge in [-0.1, -0.05) is 50.2 Å². The average Bonchev–Trinajstić information content (AvgIpc) is 2.84. The largest absolute Gasteiger partial charge is 0.407 e. The van der Waals surface area contributed by atoms with Crippen LogP contribution < -0.4 is 16.4 Å². The minimum Gasteiger partial charge on any atom is -0.370 e. The first-order valence-electron chi connectivity index (χ1n) is 11.3. The molecule has 0 fully saturated rings. The van der Waals surface area contributed by atoms with Gasteiger partial charge in [0.05, 0.1) is 37.7 Å². The molecule has 0 aliphatic rings. The van der Waals surface area contributed by atoms with Crippen molar-refractivity contribution in [3.8, 4) is 17.2 Å². The summed E-state index contributed by atoms with van der Waals surface area (Å²) >= 11 is 1.02. The second-order valence-corrected chi connectivity index (χ2v) is 9.42. The van der Waals surface area contributed by atoms with Crippen LogP contribution in [0.3, 0.4) is 0 Å². The van der Waals surface area contributed by atoms with Crippen LogP contribution in [0.15, 0.2) is 53.4 Å². The van der Waals surface area contributed by atoms with Gasteiger partial charge < -0.3 is 11.1 Å². The Morgan fingerprint density at radius 3 is 2.11 bits per heavy atom. The zero-order chi connectivity index (χ0) is 27.6. The van der Waals surface area contributed by atoms with Crippen LogP contribution in [-0.4, -0.2) is 37.2 Å². The zero-order valence-electron chi connectivity index (χ0n) is 20.5. The topological polar surface area (TPSA) is 126 Å². The molecule has 3 atom stereocenters. The monoisotopic (exact) mass is 538 g/mol. The van der Waals surface area contributed by atoms with E-state index in [2.05, 4.69) is 15.5 Å². The van der Waals surface area contributed by atoms with Crippen LogP contribution in [0.1, 0.15) is 38.3 Å². The Labute approximate surface area is 217 Å². The lowest BCUT2D eigenvalue weighted by molar-refractivity contribution is -0.161. The molecule has 12 heteroatoms. The Kier molecular flexibility index (Phi) is 11.4. The summed E-state index contributed by atoms with van der Waals surface area (Å²) in [5.41, 5.74) is 6.50. The van der Waals surface area contributed by atoms with Gasteiger partial charge in [0.15, 0.2) is 0 Å². The third-order valence-corrected chi connectivity index (χ3v) is 5.90. The maximum Gasteiger partial charge on any atom is 0.407 e. The van der Waals surface area contributed by atoms with Crippen molar-refractivity contribution >= 4 is 23.9 Å². The molecule has 0 aliphatic heterocycles. The molecule has 0 radical (unpaired) electrons. The summed E-state index contributed by atoms with van der Waals surface area (Å²) in [6.07, 6.45) is -5.08. The van der Waals surface area contributed by atoms with Gasteiger partial charge in [-0.3, -0.25) is 14.9 Å². The van der Waals surface area contributed by atoms with E-state index in [0.717, 1.165) is 22.5 Å². The number of alkyl halides is 3. The number of carbonyl (C=O) groups is 2. The van der Waals surface area contributed by atoms with E-state index in [1.165, 1.54) is 19.2 Å². The molecule has 0 aromatic heterocycles. The number of benzene rings is 2. The molecule has 0 spiro atoms. The molecular formula is C25H29F3N4O4S. The van der Waals surface area contributed by atoms with Crippen molar-refractivity contribution in [2.45, 2.75) is 55.9 Å². The number of halogens is 3. The molecule has 2 aromatic carbocycles. The maximum absolute atomic E-state index is 14.1. The number of nitrogens with one attached hydrogen (secondary N) is 2. The molecule has 0 heterocycles. The summed E-state index contributed by atoms with van der Waals surface area (Å²) in [5, 5.41) is 13.9. The smallest absolute Gasteiger partial charge is 0.370 e. The van der Waals surface area contributed by atoms with Crippen molar-refractivity contribution in [1.29, 1.82) is 5.26 Å². The van der Waals surface area contributed by atoms with Crippen LogP contribution in [0.2, 0.25) is 0 Å². The minimum atomic E-state index is -4.71. The van der Waals surface area contributed by atoms with Crippen molar-refractivity contribution in [3.63, 3.8) is 0 Å². The van der Waals surface area contributed by atoms with Crippen molar-refractivity contribution in [3.05, 3.63) is 54.1 Å². The molecule has 200 valence electrons. The lowest BCUT2D eigenvalue weighted by Crippen LogP contribution is -2.52. The highest BCUT2D eigenvalue weighted by molar-refractivity contribution is 7.94. The van der Waals surface area contributed by atoms with Gasteiger partial charge in [0.25, 0.3) is 0 Å². The Morgan fingerprint density at radius 1 is 1.08 bits per heavy atom. The van der Waals surface area contributed by atoms with Crippen LogP contribution in [0.4, 0.5) is 13.2 Å². The second kappa shape index (κ2) is 14.0. The number of hydrogen-bond donors (Lipinski definition) is 3. The fourth-order valence-corrected chi connectivity index (χ4v) is 3.94. The molecule has 2 amide bonds. The van der Waals surface area contributed by atoms with Gasteiger partial charge in [-0.15, -0.1) is 0 Å². The normalized spacial score (nSPS) is 14.0. The molecule has 0 aliphatic carbocycles. The molecule has 0 bridgehead atoms.